The fourth-order valence-electron chi connectivity index (χ4n) is 0.856. The van der Waals surface area contributed by atoms with E-state index in [4.69, 9.17) is 15.3 Å². The van der Waals surface area contributed by atoms with Gasteiger partial charge in [0.25, 0.3) is 0 Å². The summed E-state index contributed by atoms with van der Waals surface area (Å²) in [5, 5.41) is 24.7. The van der Waals surface area contributed by atoms with Crippen LogP contribution in [-0.4, -0.2) is 39.8 Å². The van der Waals surface area contributed by atoms with Gasteiger partial charge in [0, 0.05) is 0 Å². The number of carboxylic acid groups (broad SMARTS) is 3. The summed E-state index contributed by atoms with van der Waals surface area (Å²) in [4.78, 5) is 30.2. The van der Waals surface area contributed by atoms with Crippen LogP contribution in [0.1, 0.15) is 20.7 Å². The summed E-state index contributed by atoms with van der Waals surface area (Å²) in [6.45, 7) is -0.278. The highest BCUT2D eigenvalue weighted by atomic mass is 35.5. The summed E-state index contributed by atoms with van der Waals surface area (Å²) in [6, 6.07) is 5.48. The topological polar surface area (TPSA) is 138 Å². The highest BCUT2D eigenvalue weighted by molar-refractivity contribution is 6.01. The van der Waals surface area contributed by atoms with Gasteiger partial charge in [0.15, 0.2) is 0 Å². The largest absolute Gasteiger partial charge is 0.480 e. The molecule has 5 N–H and O–H groups in total. The molecule has 100 valence electrons. The molecule has 0 radical (unpaired) electrons. The van der Waals surface area contributed by atoms with Gasteiger partial charge in [-0.15, -0.1) is 12.4 Å². The minimum Gasteiger partial charge on any atom is -0.480 e. The van der Waals surface area contributed by atoms with Gasteiger partial charge in [0.2, 0.25) is 0 Å². The van der Waals surface area contributed by atoms with Gasteiger partial charge in [0.05, 0.1) is 17.7 Å². The van der Waals surface area contributed by atoms with E-state index in [9.17, 15) is 14.4 Å². The third-order valence-electron chi connectivity index (χ3n) is 1.56. The summed E-state index contributed by atoms with van der Waals surface area (Å²) in [5.74, 6) is -3.42. The van der Waals surface area contributed by atoms with E-state index < -0.39 is 17.9 Å². The highest BCUT2D eigenvalue weighted by Crippen LogP contribution is 2.07. The maximum atomic E-state index is 10.5. The third-order valence-corrected chi connectivity index (χ3v) is 1.56. The summed E-state index contributed by atoms with van der Waals surface area (Å²) < 4.78 is 0. The fraction of sp³-hybridized carbons (Fsp3) is 0.100. The summed E-state index contributed by atoms with van der Waals surface area (Å²) >= 11 is 0. The number of hydrogen-bond donors (Lipinski definition) is 4. The second-order valence-electron chi connectivity index (χ2n) is 2.75. The van der Waals surface area contributed by atoms with Crippen molar-refractivity contribution in [2.24, 2.45) is 5.73 Å². The van der Waals surface area contributed by atoms with Crippen LogP contribution in [0.3, 0.4) is 0 Å². The zero-order chi connectivity index (χ0) is 13.4. The maximum Gasteiger partial charge on any atom is 0.336 e. The Balaban J connectivity index is 0. The Morgan fingerprint density at radius 3 is 1.39 bits per heavy atom. The van der Waals surface area contributed by atoms with Crippen LogP contribution < -0.4 is 5.73 Å². The van der Waals surface area contributed by atoms with Crippen molar-refractivity contribution in [3.63, 3.8) is 0 Å². The van der Waals surface area contributed by atoms with Crippen LogP contribution in [0.25, 0.3) is 0 Å². The minimum atomic E-state index is -1.23. The number of carboxylic acids is 3. The molecule has 0 unspecified atom stereocenters. The van der Waals surface area contributed by atoms with E-state index in [0.717, 1.165) is 0 Å². The van der Waals surface area contributed by atoms with Gasteiger partial charge < -0.3 is 21.1 Å². The first-order valence-corrected chi connectivity index (χ1v) is 4.37. The number of benzene rings is 1. The van der Waals surface area contributed by atoms with E-state index in [1.165, 1.54) is 24.3 Å². The summed E-state index contributed by atoms with van der Waals surface area (Å²) in [5.41, 5.74) is 4.19. The first-order valence-electron chi connectivity index (χ1n) is 4.37. The average Bonchev–Trinajstić information content (AvgIpc) is 2.29. The molecular weight excluding hydrogens is 266 g/mol. The van der Waals surface area contributed by atoms with E-state index in [1.807, 2.05) is 0 Å². The number of aromatic carboxylic acids is 2. The summed E-state index contributed by atoms with van der Waals surface area (Å²) in [6.07, 6.45) is 0. The highest BCUT2D eigenvalue weighted by Gasteiger charge is 2.13. The van der Waals surface area contributed by atoms with E-state index in [1.54, 1.807) is 0 Å². The quantitative estimate of drug-likeness (QED) is 0.632. The van der Waals surface area contributed by atoms with Crippen LogP contribution in [0.5, 0.6) is 0 Å². The van der Waals surface area contributed by atoms with E-state index in [2.05, 4.69) is 5.73 Å². The van der Waals surface area contributed by atoms with Crippen LogP contribution >= 0.6 is 12.4 Å². The molecular formula is C10H12ClNO6. The standard InChI is InChI=1S/C8H6O4.C2H5NO2.ClH/c9-7(10)5-3-1-2-4-6(5)8(11)12;3-1-2(4)5;/h1-4H,(H,9,10)(H,11,12);1,3H2,(H,4,5);1H. The molecule has 0 aromatic heterocycles. The molecule has 8 heteroatoms. The number of halogens is 1. The Morgan fingerprint density at radius 1 is 0.944 bits per heavy atom. The van der Waals surface area contributed by atoms with Crippen molar-refractivity contribution >= 4 is 30.3 Å². The van der Waals surface area contributed by atoms with Gasteiger partial charge in [-0.2, -0.15) is 0 Å². The van der Waals surface area contributed by atoms with Crippen LogP contribution in [-0.2, 0) is 4.79 Å². The molecule has 0 atom stereocenters. The molecule has 1 aromatic rings. The van der Waals surface area contributed by atoms with Crippen LogP contribution in [0.4, 0.5) is 0 Å². The predicted octanol–water partition coefficient (Wildman–Crippen LogP) is 0.534. The number of carbonyl (C=O) groups is 3. The van der Waals surface area contributed by atoms with Gasteiger partial charge >= 0.3 is 17.9 Å². The second-order valence-corrected chi connectivity index (χ2v) is 2.75. The lowest BCUT2D eigenvalue weighted by Gasteiger charge is -1.98. The number of aliphatic carboxylic acids is 1. The lowest BCUT2D eigenvalue weighted by atomic mass is 10.1. The zero-order valence-electron chi connectivity index (χ0n) is 9.07. The molecule has 7 nitrogen and oxygen atoms in total. The van der Waals surface area contributed by atoms with Crippen molar-refractivity contribution in [2.45, 2.75) is 0 Å². The van der Waals surface area contributed by atoms with Gasteiger partial charge in [-0.25, -0.2) is 9.59 Å². The molecule has 0 saturated heterocycles. The van der Waals surface area contributed by atoms with Gasteiger partial charge in [-0.1, -0.05) is 12.1 Å². The monoisotopic (exact) mass is 277 g/mol. The fourth-order valence-corrected chi connectivity index (χ4v) is 0.856. The smallest absolute Gasteiger partial charge is 0.336 e. The van der Waals surface area contributed by atoms with Crippen molar-refractivity contribution < 1.29 is 29.7 Å². The Morgan fingerprint density at radius 2 is 1.22 bits per heavy atom. The molecule has 0 aliphatic carbocycles. The molecule has 0 aliphatic heterocycles. The first kappa shape index (κ1) is 18.3. The summed E-state index contributed by atoms with van der Waals surface area (Å²) in [7, 11) is 0. The molecule has 0 spiro atoms. The van der Waals surface area contributed by atoms with Gasteiger partial charge in [-0.3, -0.25) is 4.79 Å². The molecule has 1 rings (SSSR count). The first-order chi connectivity index (χ1) is 7.90. The SMILES string of the molecule is Cl.NCC(=O)O.O=C(O)c1ccccc1C(=O)O. The second kappa shape index (κ2) is 8.97. The molecule has 0 heterocycles. The Bertz CT molecular complexity index is 401. The normalized spacial score (nSPS) is 8.28. The van der Waals surface area contributed by atoms with E-state index >= 15 is 0 Å². The van der Waals surface area contributed by atoms with Crippen molar-refractivity contribution in [3.05, 3.63) is 35.4 Å². The Labute approximate surface area is 108 Å². The van der Waals surface area contributed by atoms with Crippen molar-refractivity contribution in [3.8, 4) is 0 Å². The molecule has 0 amide bonds. The van der Waals surface area contributed by atoms with Crippen LogP contribution in [0.15, 0.2) is 24.3 Å². The maximum absolute atomic E-state index is 10.5. The predicted molar refractivity (Wildman–Crippen MR) is 64.3 cm³/mol. The van der Waals surface area contributed by atoms with Gasteiger partial charge in [0.1, 0.15) is 0 Å². The van der Waals surface area contributed by atoms with Crippen LogP contribution in [0, 0.1) is 0 Å². The number of hydrogen-bond acceptors (Lipinski definition) is 4. The van der Waals surface area contributed by atoms with Crippen LogP contribution in [0.2, 0.25) is 0 Å². The van der Waals surface area contributed by atoms with Crippen molar-refractivity contribution in [1.29, 1.82) is 0 Å². The molecule has 0 fully saturated rings. The Kier molecular flexibility index (Phi) is 9.09. The van der Waals surface area contributed by atoms with Gasteiger partial charge in [-0.05, 0) is 12.1 Å². The average molecular weight is 278 g/mol. The van der Waals surface area contributed by atoms with E-state index in [0.29, 0.717) is 0 Å². The number of nitrogens with two attached hydrogens (primary N) is 1. The minimum absolute atomic E-state index is 0. The molecule has 0 aliphatic rings. The Hall–Kier alpha value is -2.12. The lowest BCUT2D eigenvalue weighted by Crippen LogP contribution is -2.10. The molecule has 0 bridgehead atoms. The molecule has 1 aromatic carbocycles. The van der Waals surface area contributed by atoms with E-state index in [-0.39, 0.29) is 30.1 Å². The zero-order valence-corrected chi connectivity index (χ0v) is 9.88. The number of rotatable bonds is 3. The van der Waals surface area contributed by atoms with Crippen molar-refractivity contribution in [1.82, 2.24) is 0 Å². The molecule has 0 saturated carbocycles. The molecule has 18 heavy (non-hydrogen) atoms. The van der Waals surface area contributed by atoms with Crippen molar-refractivity contribution in [2.75, 3.05) is 6.54 Å². The third kappa shape index (κ3) is 6.46. The lowest BCUT2D eigenvalue weighted by molar-refractivity contribution is -0.135.